The molecular formula is C58H34N4O. The summed E-state index contributed by atoms with van der Waals surface area (Å²) in [6, 6.07) is 73.7. The minimum Gasteiger partial charge on any atom is -0.456 e. The quantitative estimate of drug-likeness (QED) is 0.178. The molecule has 5 heteroatoms. The second-order valence-corrected chi connectivity index (χ2v) is 16.7. The van der Waals surface area contributed by atoms with E-state index in [4.69, 9.17) is 19.4 Å². The van der Waals surface area contributed by atoms with E-state index in [0.717, 1.165) is 66.0 Å². The highest BCUT2D eigenvalue weighted by molar-refractivity contribution is 6.16. The maximum atomic E-state index is 6.42. The number of rotatable bonds is 4. The van der Waals surface area contributed by atoms with Gasteiger partial charge in [-0.25, -0.2) is 4.98 Å². The van der Waals surface area contributed by atoms with Crippen molar-refractivity contribution in [1.82, 2.24) is 19.5 Å². The number of benzene rings is 9. The summed E-state index contributed by atoms with van der Waals surface area (Å²) < 4.78 is 8.71. The van der Waals surface area contributed by atoms with Crippen LogP contribution in [0.5, 0.6) is 0 Å². The molecule has 14 rings (SSSR count). The van der Waals surface area contributed by atoms with Crippen LogP contribution in [0.2, 0.25) is 0 Å². The first-order chi connectivity index (χ1) is 31.2. The number of hydrogen-bond acceptors (Lipinski definition) is 4. The largest absolute Gasteiger partial charge is 0.456 e. The van der Waals surface area contributed by atoms with Crippen LogP contribution in [0, 0.1) is 0 Å². The van der Waals surface area contributed by atoms with Crippen molar-refractivity contribution in [3.63, 3.8) is 0 Å². The van der Waals surface area contributed by atoms with Crippen molar-refractivity contribution in [3.8, 4) is 62.1 Å². The van der Waals surface area contributed by atoms with Gasteiger partial charge >= 0.3 is 0 Å². The van der Waals surface area contributed by atoms with Crippen LogP contribution in [0.3, 0.4) is 0 Å². The molecule has 1 spiro atoms. The highest BCUT2D eigenvalue weighted by Gasteiger charge is 2.52. The molecule has 0 atom stereocenters. The van der Waals surface area contributed by atoms with Gasteiger partial charge in [0.15, 0.2) is 11.6 Å². The Balaban J connectivity index is 1.08. The van der Waals surface area contributed by atoms with Gasteiger partial charge in [0.05, 0.1) is 16.4 Å². The Morgan fingerprint density at radius 3 is 1.71 bits per heavy atom. The lowest BCUT2D eigenvalue weighted by molar-refractivity contribution is 0.669. The lowest BCUT2D eigenvalue weighted by Crippen LogP contribution is -2.25. The highest BCUT2D eigenvalue weighted by Crippen LogP contribution is 2.64. The maximum Gasteiger partial charge on any atom is 0.238 e. The summed E-state index contributed by atoms with van der Waals surface area (Å²) in [4.78, 5) is 16.2. The second kappa shape index (κ2) is 12.8. The molecule has 63 heavy (non-hydrogen) atoms. The summed E-state index contributed by atoms with van der Waals surface area (Å²) in [5, 5.41) is 4.42. The number of nitrogens with zero attached hydrogens (tertiary/aromatic N) is 4. The summed E-state index contributed by atoms with van der Waals surface area (Å²) in [5.74, 6) is 1.71. The van der Waals surface area contributed by atoms with E-state index in [1.54, 1.807) is 0 Å². The van der Waals surface area contributed by atoms with Gasteiger partial charge in [-0.05, 0) is 80.4 Å². The fourth-order valence-electron chi connectivity index (χ4n) is 10.9. The van der Waals surface area contributed by atoms with E-state index in [1.807, 2.05) is 24.3 Å². The number of hydrogen-bond donors (Lipinski definition) is 0. The first kappa shape index (κ1) is 34.3. The van der Waals surface area contributed by atoms with Gasteiger partial charge < -0.3 is 4.42 Å². The summed E-state index contributed by atoms with van der Waals surface area (Å²) in [7, 11) is 0. The van der Waals surface area contributed by atoms with Crippen LogP contribution < -0.4 is 0 Å². The zero-order valence-corrected chi connectivity index (χ0v) is 33.8. The number of para-hydroxylation sites is 2. The molecule has 0 N–H and O–H groups in total. The summed E-state index contributed by atoms with van der Waals surface area (Å²) >= 11 is 0. The third-order valence-electron chi connectivity index (χ3n) is 13.5. The van der Waals surface area contributed by atoms with Gasteiger partial charge in [-0.3, -0.25) is 4.57 Å². The molecule has 292 valence electrons. The van der Waals surface area contributed by atoms with Gasteiger partial charge in [-0.1, -0.05) is 176 Å². The molecule has 0 aliphatic heterocycles. The molecule has 0 fully saturated rings. The van der Waals surface area contributed by atoms with E-state index < -0.39 is 5.41 Å². The molecule has 2 aliphatic carbocycles. The average molecular weight is 803 g/mol. The van der Waals surface area contributed by atoms with Crippen LogP contribution in [0.4, 0.5) is 0 Å². The topological polar surface area (TPSA) is 56.7 Å². The van der Waals surface area contributed by atoms with Crippen molar-refractivity contribution in [1.29, 1.82) is 0 Å². The molecule has 2 aliphatic rings. The summed E-state index contributed by atoms with van der Waals surface area (Å²) in [6.45, 7) is 0. The van der Waals surface area contributed by atoms with Crippen LogP contribution in [-0.4, -0.2) is 19.5 Å². The lowest BCUT2D eigenvalue weighted by Gasteiger charge is -2.30. The molecule has 5 nitrogen and oxygen atoms in total. The fraction of sp³-hybridized carbons (Fsp3) is 0.0172. The third-order valence-corrected chi connectivity index (χ3v) is 13.5. The summed E-state index contributed by atoms with van der Waals surface area (Å²) in [5.41, 5.74) is 17.4. The Morgan fingerprint density at radius 2 is 0.937 bits per heavy atom. The van der Waals surface area contributed by atoms with Crippen LogP contribution >= 0.6 is 0 Å². The van der Waals surface area contributed by atoms with Crippen LogP contribution in [0.25, 0.3) is 106 Å². The molecule has 9 aromatic carbocycles. The van der Waals surface area contributed by atoms with Crippen molar-refractivity contribution in [2.24, 2.45) is 0 Å². The van der Waals surface area contributed by atoms with E-state index >= 15 is 0 Å². The molecule has 0 saturated carbocycles. The van der Waals surface area contributed by atoms with Crippen LogP contribution in [0.15, 0.2) is 211 Å². The zero-order valence-electron chi connectivity index (χ0n) is 33.8. The van der Waals surface area contributed by atoms with Gasteiger partial charge in [-0.15, -0.1) is 0 Å². The predicted octanol–water partition coefficient (Wildman–Crippen LogP) is 14.2. The molecule has 3 heterocycles. The molecule has 12 aromatic rings. The van der Waals surface area contributed by atoms with Crippen molar-refractivity contribution >= 4 is 43.7 Å². The maximum absolute atomic E-state index is 6.42. The second-order valence-electron chi connectivity index (χ2n) is 16.7. The third kappa shape index (κ3) is 4.68. The number of aromatic nitrogens is 4. The van der Waals surface area contributed by atoms with Crippen LogP contribution in [0.1, 0.15) is 22.3 Å². The Morgan fingerprint density at radius 1 is 0.365 bits per heavy atom. The van der Waals surface area contributed by atoms with Crippen molar-refractivity contribution in [3.05, 3.63) is 229 Å². The molecule has 0 radical (unpaired) electrons. The standard InChI is InChI=1S/C58H34N4O/c1-2-15-35(16-3-1)36-17-14-18-37(33-36)55-59-56(38-29-30-43-42-22-8-13-28-51(42)63-52(43)34-38)61-57(60-55)62-50-27-12-7-21-41(50)44-31-32-49-53(54(44)62)45-23-6-11-26-48(45)58(49)46-24-9-4-19-39(46)40-20-5-10-25-47(40)58/h1-34H. The predicted molar refractivity (Wildman–Crippen MR) is 254 cm³/mol. The molecule has 0 bridgehead atoms. The smallest absolute Gasteiger partial charge is 0.238 e. The zero-order chi connectivity index (χ0) is 41.2. The van der Waals surface area contributed by atoms with Gasteiger partial charge in [-0.2, -0.15) is 9.97 Å². The van der Waals surface area contributed by atoms with Gasteiger partial charge in [0.25, 0.3) is 0 Å². The van der Waals surface area contributed by atoms with E-state index in [9.17, 15) is 0 Å². The minimum absolute atomic E-state index is 0.496. The van der Waals surface area contributed by atoms with Crippen molar-refractivity contribution in [2.75, 3.05) is 0 Å². The van der Waals surface area contributed by atoms with E-state index in [-0.39, 0.29) is 0 Å². The fourth-order valence-corrected chi connectivity index (χ4v) is 10.9. The molecule has 0 unspecified atom stereocenters. The Kier molecular flexibility index (Phi) is 6.97. The first-order valence-electron chi connectivity index (χ1n) is 21.4. The molecular weight excluding hydrogens is 769 g/mol. The first-order valence-corrected chi connectivity index (χ1v) is 21.4. The molecule has 0 amide bonds. The number of fused-ring (bicyclic) bond motifs is 17. The highest BCUT2D eigenvalue weighted by atomic mass is 16.3. The molecule has 3 aromatic heterocycles. The Hall–Kier alpha value is -8.41. The van der Waals surface area contributed by atoms with Crippen molar-refractivity contribution < 1.29 is 4.42 Å². The van der Waals surface area contributed by atoms with E-state index in [1.165, 1.54) is 44.5 Å². The van der Waals surface area contributed by atoms with Crippen LogP contribution in [-0.2, 0) is 5.41 Å². The number of furan rings is 1. The van der Waals surface area contributed by atoms with E-state index in [0.29, 0.717) is 17.6 Å². The normalized spacial score (nSPS) is 13.2. The monoisotopic (exact) mass is 802 g/mol. The van der Waals surface area contributed by atoms with Crippen molar-refractivity contribution in [2.45, 2.75) is 5.41 Å². The molecule has 0 saturated heterocycles. The van der Waals surface area contributed by atoms with Gasteiger partial charge in [0, 0.05) is 38.2 Å². The minimum atomic E-state index is -0.496. The van der Waals surface area contributed by atoms with Gasteiger partial charge in [0.2, 0.25) is 5.95 Å². The average Bonchev–Trinajstić information content (AvgIpc) is 4.08. The Bertz CT molecular complexity index is 3830. The Labute approximate surface area is 362 Å². The van der Waals surface area contributed by atoms with E-state index in [2.05, 4.69) is 187 Å². The lowest BCUT2D eigenvalue weighted by atomic mass is 9.70. The SMILES string of the molecule is c1ccc(-c2cccc(-c3nc(-c4ccc5c(c4)oc4ccccc45)nc(-n4c5ccccc5c5ccc6c(c54)-c4ccccc4C64c5ccccc5-c5ccccc54)n3)c2)cc1. The summed E-state index contributed by atoms with van der Waals surface area (Å²) in [6.07, 6.45) is 0. The van der Waals surface area contributed by atoms with Gasteiger partial charge in [0.1, 0.15) is 11.2 Å².